The van der Waals surface area contributed by atoms with Crippen molar-refractivity contribution in [3.8, 4) is 0 Å². The van der Waals surface area contributed by atoms with E-state index in [-0.39, 0.29) is 17.8 Å². The molecular formula is C11H12F2O. The Morgan fingerprint density at radius 1 is 1.36 bits per heavy atom. The van der Waals surface area contributed by atoms with Gasteiger partial charge in [0.2, 0.25) is 0 Å². The van der Waals surface area contributed by atoms with Gasteiger partial charge in [-0.2, -0.15) is 0 Å². The Balaban J connectivity index is 2.72. The van der Waals surface area contributed by atoms with E-state index in [0.717, 1.165) is 18.6 Å². The number of hydrogen-bond donors (Lipinski definition) is 0. The Labute approximate surface area is 81.7 Å². The van der Waals surface area contributed by atoms with Gasteiger partial charge in [-0.05, 0) is 18.1 Å². The molecule has 0 aliphatic carbocycles. The van der Waals surface area contributed by atoms with Gasteiger partial charge in [0.15, 0.2) is 0 Å². The summed E-state index contributed by atoms with van der Waals surface area (Å²) < 4.78 is 25.6. The van der Waals surface area contributed by atoms with Crippen molar-refractivity contribution < 1.29 is 13.6 Å². The minimum Gasteiger partial charge on any atom is -0.299 e. The highest BCUT2D eigenvalue weighted by Crippen LogP contribution is 2.11. The molecule has 0 saturated heterocycles. The fourth-order valence-corrected chi connectivity index (χ4v) is 1.24. The molecule has 1 rings (SSSR count). The first kappa shape index (κ1) is 10.8. The lowest BCUT2D eigenvalue weighted by molar-refractivity contribution is -0.118. The van der Waals surface area contributed by atoms with Crippen LogP contribution < -0.4 is 0 Å². The Morgan fingerprint density at radius 2 is 2.07 bits per heavy atom. The van der Waals surface area contributed by atoms with Crippen LogP contribution in [-0.4, -0.2) is 5.78 Å². The van der Waals surface area contributed by atoms with Gasteiger partial charge in [0.05, 0.1) is 0 Å². The summed E-state index contributed by atoms with van der Waals surface area (Å²) in [6, 6.07) is 3.28. The fraction of sp³-hybridized carbons (Fsp3) is 0.364. The second-order valence-electron chi connectivity index (χ2n) is 3.20. The maximum absolute atomic E-state index is 13.1. The number of benzene rings is 1. The summed E-state index contributed by atoms with van der Waals surface area (Å²) in [5.41, 5.74) is 0.268. The normalized spacial score (nSPS) is 10.2. The van der Waals surface area contributed by atoms with E-state index in [4.69, 9.17) is 0 Å². The monoisotopic (exact) mass is 198 g/mol. The second kappa shape index (κ2) is 4.84. The Bertz CT molecular complexity index is 334. The number of carbonyl (C=O) groups is 1. The Morgan fingerprint density at radius 3 is 2.64 bits per heavy atom. The van der Waals surface area contributed by atoms with Crippen LogP contribution in [0.1, 0.15) is 25.3 Å². The number of ketones is 1. The molecule has 0 aliphatic heterocycles. The molecule has 3 heteroatoms. The first-order valence-electron chi connectivity index (χ1n) is 4.59. The molecule has 14 heavy (non-hydrogen) atoms. The molecule has 1 aromatic carbocycles. The highest BCUT2D eigenvalue weighted by Gasteiger charge is 2.08. The van der Waals surface area contributed by atoms with E-state index in [0.29, 0.717) is 6.42 Å². The van der Waals surface area contributed by atoms with E-state index in [9.17, 15) is 13.6 Å². The van der Waals surface area contributed by atoms with Gasteiger partial charge in [-0.15, -0.1) is 0 Å². The van der Waals surface area contributed by atoms with Crippen molar-refractivity contribution in [2.24, 2.45) is 0 Å². The minimum atomic E-state index is -0.644. The summed E-state index contributed by atoms with van der Waals surface area (Å²) in [4.78, 5) is 11.2. The van der Waals surface area contributed by atoms with E-state index in [1.54, 1.807) is 0 Å². The summed E-state index contributed by atoms with van der Waals surface area (Å²) in [6.45, 7) is 1.89. The van der Waals surface area contributed by atoms with E-state index >= 15 is 0 Å². The van der Waals surface area contributed by atoms with Crippen molar-refractivity contribution >= 4 is 5.78 Å². The van der Waals surface area contributed by atoms with Crippen LogP contribution in [0.3, 0.4) is 0 Å². The molecule has 0 heterocycles. The molecule has 1 aromatic rings. The van der Waals surface area contributed by atoms with Gasteiger partial charge in [0.25, 0.3) is 0 Å². The molecule has 0 aromatic heterocycles. The standard InChI is InChI=1S/C11H12F2O/c1-2-3-10(14)6-8-4-5-9(12)7-11(8)13/h4-5,7H,2-3,6H2,1H3. The quantitative estimate of drug-likeness (QED) is 0.727. The van der Waals surface area contributed by atoms with Crippen molar-refractivity contribution in [2.75, 3.05) is 0 Å². The van der Waals surface area contributed by atoms with Gasteiger partial charge in [0.1, 0.15) is 17.4 Å². The van der Waals surface area contributed by atoms with Crippen molar-refractivity contribution in [3.05, 3.63) is 35.4 Å². The third-order valence-electron chi connectivity index (χ3n) is 1.93. The molecule has 0 fully saturated rings. The second-order valence-corrected chi connectivity index (χ2v) is 3.20. The molecular weight excluding hydrogens is 186 g/mol. The van der Waals surface area contributed by atoms with Gasteiger partial charge >= 0.3 is 0 Å². The SMILES string of the molecule is CCCC(=O)Cc1ccc(F)cc1F. The fourth-order valence-electron chi connectivity index (χ4n) is 1.24. The smallest absolute Gasteiger partial charge is 0.137 e. The highest BCUT2D eigenvalue weighted by atomic mass is 19.1. The maximum Gasteiger partial charge on any atom is 0.137 e. The van der Waals surface area contributed by atoms with E-state index in [2.05, 4.69) is 0 Å². The van der Waals surface area contributed by atoms with Gasteiger partial charge in [0, 0.05) is 18.9 Å². The van der Waals surface area contributed by atoms with Crippen LogP contribution in [0.25, 0.3) is 0 Å². The van der Waals surface area contributed by atoms with Crippen LogP contribution >= 0.6 is 0 Å². The average molecular weight is 198 g/mol. The van der Waals surface area contributed by atoms with Gasteiger partial charge < -0.3 is 0 Å². The number of carbonyl (C=O) groups excluding carboxylic acids is 1. The molecule has 0 N–H and O–H groups in total. The lowest BCUT2D eigenvalue weighted by atomic mass is 10.1. The molecule has 0 amide bonds. The molecule has 0 spiro atoms. The van der Waals surface area contributed by atoms with Crippen LogP contribution in [0.15, 0.2) is 18.2 Å². The van der Waals surface area contributed by atoms with Crippen LogP contribution in [0.2, 0.25) is 0 Å². The molecule has 1 nitrogen and oxygen atoms in total. The number of halogens is 2. The zero-order valence-electron chi connectivity index (χ0n) is 8.02. The summed E-state index contributed by atoms with van der Waals surface area (Å²) in [6.07, 6.45) is 1.25. The first-order chi connectivity index (χ1) is 6.63. The molecule has 76 valence electrons. The summed E-state index contributed by atoms with van der Waals surface area (Å²) >= 11 is 0. The van der Waals surface area contributed by atoms with Crippen molar-refractivity contribution in [1.82, 2.24) is 0 Å². The summed E-state index contributed by atoms with van der Waals surface area (Å²) in [5, 5.41) is 0. The number of rotatable bonds is 4. The van der Waals surface area contributed by atoms with Gasteiger partial charge in [-0.1, -0.05) is 13.0 Å². The molecule has 0 bridgehead atoms. The topological polar surface area (TPSA) is 17.1 Å². The van der Waals surface area contributed by atoms with E-state index < -0.39 is 11.6 Å². The van der Waals surface area contributed by atoms with Crippen LogP contribution in [0.4, 0.5) is 8.78 Å². The highest BCUT2D eigenvalue weighted by molar-refractivity contribution is 5.80. The molecule has 0 unspecified atom stereocenters. The van der Waals surface area contributed by atoms with Crippen LogP contribution in [-0.2, 0) is 11.2 Å². The third-order valence-corrected chi connectivity index (χ3v) is 1.93. The van der Waals surface area contributed by atoms with Crippen LogP contribution in [0.5, 0.6) is 0 Å². The Kier molecular flexibility index (Phi) is 3.74. The zero-order valence-corrected chi connectivity index (χ0v) is 8.02. The largest absolute Gasteiger partial charge is 0.299 e. The lowest BCUT2D eigenvalue weighted by Gasteiger charge is -2.01. The van der Waals surface area contributed by atoms with Crippen molar-refractivity contribution in [3.63, 3.8) is 0 Å². The molecule has 0 saturated carbocycles. The predicted octanol–water partition coefficient (Wildman–Crippen LogP) is 2.88. The van der Waals surface area contributed by atoms with Gasteiger partial charge in [-0.25, -0.2) is 8.78 Å². The van der Waals surface area contributed by atoms with Crippen molar-refractivity contribution in [2.45, 2.75) is 26.2 Å². The first-order valence-corrected chi connectivity index (χ1v) is 4.59. The molecule has 0 aliphatic rings. The molecule has 0 atom stereocenters. The Hall–Kier alpha value is -1.25. The van der Waals surface area contributed by atoms with Crippen LogP contribution in [0, 0.1) is 11.6 Å². The van der Waals surface area contributed by atoms with Gasteiger partial charge in [-0.3, -0.25) is 4.79 Å². The number of hydrogen-bond acceptors (Lipinski definition) is 1. The third kappa shape index (κ3) is 2.91. The minimum absolute atomic E-state index is 0.0157. The number of Topliss-reactive ketones (excluding diaryl/α,β-unsaturated/α-hetero) is 1. The summed E-state index contributed by atoms with van der Waals surface area (Å²) in [7, 11) is 0. The van der Waals surface area contributed by atoms with E-state index in [1.165, 1.54) is 6.07 Å². The predicted molar refractivity (Wildman–Crippen MR) is 50.0 cm³/mol. The van der Waals surface area contributed by atoms with Crippen molar-refractivity contribution in [1.29, 1.82) is 0 Å². The van der Waals surface area contributed by atoms with E-state index in [1.807, 2.05) is 6.92 Å². The zero-order chi connectivity index (χ0) is 10.6. The lowest BCUT2D eigenvalue weighted by Crippen LogP contribution is -2.03. The maximum atomic E-state index is 13.1. The summed E-state index contributed by atoms with van der Waals surface area (Å²) in [5.74, 6) is -1.28. The average Bonchev–Trinajstić information content (AvgIpc) is 2.10. The molecule has 0 radical (unpaired) electrons.